The molecule has 0 saturated carbocycles. The van der Waals surface area contributed by atoms with Crippen molar-refractivity contribution in [3.05, 3.63) is 22.4 Å². The van der Waals surface area contributed by atoms with Gasteiger partial charge in [0.05, 0.1) is 5.69 Å². The van der Waals surface area contributed by atoms with E-state index in [0.717, 1.165) is 10.2 Å². The van der Waals surface area contributed by atoms with Crippen LogP contribution in [0.2, 0.25) is 0 Å². The summed E-state index contributed by atoms with van der Waals surface area (Å²) in [6.07, 6.45) is 1.66. The van der Waals surface area contributed by atoms with Crippen LogP contribution in [0.1, 0.15) is 12.6 Å². The zero-order chi connectivity index (χ0) is 10.3. The van der Waals surface area contributed by atoms with Crippen LogP contribution < -0.4 is 5.32 Å². The summed E-state index contributed by atoms with van der Waals surface area (Å²) in [4.78, 5) is 8.18. The van der Waals surface area contributed by atoms with Crippen molar-refractivity contribution >= 4 is 50.0 Å². The molecule has 1 unspecified atom stereocenters. The first-order valence-corrected chi connectivity index (χ1v) is 5.41. The molecule has 1 aliphatic rings. The molecule has 2 heterocycles. The van der Waals surface area contributed by atoms with Gasteiger partial charge in [-0.2, -0.15) is 0 Å². The highest BCUT2D eigenvalue weighted by atomic mass is 79.9. The molecule has 0 bridgehead atoms. The summed E-state index contributed by atoms with van der Waals surface area (Å²) in [5, 5.41) is 2.44. The minimum atomic E-state index is -0.896. The van der Waals surface area contributed by atoms with Gasteiger partial charge in [0.1, 0.15) is 5.69 Å². The summed E-state index contributed by atoms with van der Waals surface area (Å²) in [6, 6.07) is 1.86. The SMILES string of the molecule is CC1(Cl)N=C(Cl)c2ncc(Br)cc2N1. The molecule has 0 fully saturated rings. The van der Waals surface area contributed by atoms with Crippen LogP contribution in [0.4, 0.5) is 5.69 Å². The smallest absolute Gasteiger partial charge is 0.205 e. The standard InChI is InChI=1S/C8H6BrCl2N3/c1-8(11)13-5-2-4(9)3-12-6(5)7(10)14-8/h2-3,13H,1H3. The van der Waals surface area contributed by atoms with Gasteiger partial charge < -0.3 is 5.32 Å². The number of pyridine rings is 1. The van der Waals surface area contributed by atoms with E-state index >= 15 is 0 Å². The Morgan fingerprint density at radius 3 is 3.00 bits per heavy atom. The Balaban J connectivity index is 2.56. The Morgan fingerprint density at radius 2 is 2.29 bits per heavy atom. The maximum Gasteiger partial charge on any atom is 0.205 e. The van der Waals surface area contributed by atoms with Crippen molar-refractivity contribution in [1.82, 2.24) is 4.98 Å². The molecule has 74 valence electrons. The summed E-state index contributed by atoms with van der Waals surface area (Å²) in [5.41, 5.74) is 1.39. The normalized spacial score (nSPS) is 25.0. The quantitative estimate of drug-likeness (QED) is 0.589. The Kier molecular flexibility index (Phi) is 2.45. The fraction of sp³-hybridized carbons (Fsp3) is 0.250. The summed E-state index contributed by atoms with van der Waals surface area (Å²) in [5.74, 6) is 0. The minimum absolute atomic E-state index is 0.323. The summed E-state index contributed by atoms with van der Waals surface area (Å²) in [6.45, 7) is 1.72. The highest BCUT2D eigenvalue weighted by molar-refractivity contribution is 9.10. The number of rotatable bonds is 0. The molecule has 1 atom stereocenters. The second-order valence-corrected chi connectivity index (χ2v) is 5.04. The average Bonchev–Trinajstić information content (AvgIpc) is 2.00. The van der Waals surface area contributed by atoms with Gasteiger partial charge in [0, 0.05) is 10.7 Å². The molecule has 0 amide bonds. The van der Waals surface area contributed by atoms with Crippen molar-refractivity contribution in [2.45, 2.75) is 12.0 Å². The highest BCUT2D eigenvalue weighted by Gasteiger charge is 2.27. The molecule has 14 heavy (non-hydrogen) atoms. The molecule has 1 aromatic rings. The summed E-state index contributed by atoms with van der Waals surface area (Å²) in [7, 11) is 0. The molecule has 0 saturated heterocycles. The van der Waals surface area contributed by atoms with Gasteiger partial charge in [-0.15, -0.1) is 0 Å². The fourth-order valence-electron chi connectivity index (χ4n) is 1.21. The van der Waals surface area contributed by atoms with Gasteiger partial charge in [0.2, 0.25) is 5.12 Å². The van der Waals surface area contributed by atoms with E-state index in [4.69, 9.17) is 23.2 Å². The van der Waals surface area contributed by atoms with Gasteiger partial charge in [0.15, 0.2) is 5.17 Å². The number of aliphatic imine (C=N–C) groups is 1. The second kappa shape index (κ2) is 3.36. The second-order valence-electron chi connectivity index (χ2n) is 3.03. The van der Waals surface area contributed by atoms with E-state index in [-0.39, 0.29) is 0 Å². The Morgan fingerprint density at radius 1 is 1.57 bits per heavy atom. The van der Waals surface area contributed by atoms with Crippen LogP contribution >= 0.6 is 39.1 Å². The molecule has 6 heteroatoms. The van der Waals surface area contributed by atoms with Crippen LogP contribution in [-0.4, -0.2) is 15.3 Å². The summed E-state index contributed by atoms with van der Waals surface area (Å²) < 4.78 is 0.864. The van der Waals surface area contributed by atoms with E-state index in [9.17, 15) is 0 Å². The topological polar surface area (TPSA) is 37.3 Å². The lowest BCUT2D eigenvalue weighted by Crippen LogP contribution is -2.31. The number of hydrogen-bond donors (Lipinski definition) is 1. The Hall–Kier alpha value is -0.320. The number of nitrogens with one attached hydrogen (secondary N) is 1. The van der Waals surface area contributed by atoms with E-state index in [0.29, 0.717) is 10.9 Å². The van der Waals surface area contributed by atoms with Crippen LogP contribution in [0.5, 0.6) is 0 Å². The molecular weight excluding hydrogens is 289 g/mol. The van der Waals surface area contributed by atoms with E-state index < -0.39 is 5.12 Å². The monoisotopic (exact) mass is 293 g/mol. The number of aromatic nitrogens is 1. The van der Waals surface area contributed by atoms with Gasteiger partial charge in [-0.3, -0.25) is 4.98 Å². The van der Waals surface area contributed by atoms with Gasteiger partial charge in [-0.25, -0.2) is 4.99 Å². The van der Waals surface area contributed by atoms with Crippen molar-refractivity contribution in [3.8, 4) is 0 Å². The maximum absolute atomic E-state index is 6.02. The minimum Gasteiger partial charge on any atom is -0.347 e. The number of fused-ring (bicyclic) bond motifs is 1. The van der Waals surface area contributed by atoms with Crippen LogP contribution in [-0.2, 0) is 0 Å². The number of alkyl halides is 1. The molecule has 3 nitrogen and oxygen atoms in total. The first kappa shape index (κ1) is 10.2. The predicted octanol–water partition coefficient (Wildman–Crippen LogP) is 3.17. The predicted molar refractivity (Wildman–Crippen MR) is 62.2 cm³/mol. The molecular formula is C8H6BrCl2N3. The van der Waals surface area contributed by atoms with E-state index in [1.807, 2.05) is 6.07 Å². The van der Waals surface area contributed by atoms with Crippen molar-refractivity contribution in [2.75, 3.05) is 5.32 Å². The Labute approximate surface area is 99.7 Å². The number of nitrogens with zero attached hydrogens (tertiary/aromatic N) is 2. The molecule has 1 aliphatic heterocycles. The van der Waals surface area contributed by atoms with Crippen LogP contribution in [0, 0.1) is 0 Å². The molecule has 0 radical (unpaired) electrons. The molecule has 0 spiro atoms. The van der Waals surface area contributed by atoms with Crippen molar-refractivity contribution in [1.29, 1.82) is 0 Å². The zero-order valence-electron chi connectivity index (χ0n) is 7.18. The zero-order valence-corrected chi connectivity index (χ0v) is 10.3. The lowest BCUT2D eigenvalue weighted by Gasteiger charge is -2.26. The largest absolute Gasteiger partial charge is 0.347 e. The molecule has 2 rings (SSSR count). The molecule has 1 aromatic heterocycles. The fourth-order valence-corrected chi connectivity index (χ4v) is 2.09. The third-order valence-electron chi connectivity index (χ3n) is 1.72. The van der Waals surface area contributed by atoms with Gasteiger partial charge in [-0.05, 0) is 28.9 Å². The third-order valence-corrected chi connectivity index (χ3v) is 2.60. The lowest BCUT2D eigenvalue weighted by atomic mass is 10.2. The Bertz CT molecular complexity index is 417. The lowest BCUT2D eigenvalue weighted by molar-refractivity contribution is 0.756. The van der Waals surface area contributed by atoms with Gasteiger partial charge in [0.25, 0.3) is 0 Å². The van der Waals surface area contributed by atoms with E-state index in [1.165, 1.54) is 0 Å². The van der Waals surface area contributed by atoms with Crippen LogP contribution in [0.3, 0.4) is 0 Å². The molecule has 1 N–H and O–H groups in total. The average molecular weight is 295 g/mol. The van der Waals surface area contributed by atoms with Gasteiger partial charge in [-0.1, -0.05) is 23.2 Å². The van der Waals surface area contributed by atoms with Gasteiger partial charge >= 0.3 is 0 Å². The van der Waals surface area contributed by atoms with Crippen molar-refractivity contribution in [2.24, 2.45) is 4.99 Å². The molecule has 0 aromatic carbocycles. The van der Waals surface area contributed by atoms with E-state index in [1.54, 1.807) is 13.1 Å². The van der Waals surface area contributed by atoms with Crippen LogP contribution in [0.15, 0.2) is 21.7 Å². The van der Waals surface area contributed by atoms with E-state index in [2.05, 4.69) is 31.2 Å². The highest BCUT2D eigenvalue weighted by Crippen LogP contribution is 2.31. The molecule has 0 aliphatic carbocycles. The third kappa shape index (κ3) is 1.87. The number of anilines is 1. The van der Waals surface area contributed by atoms with Crippen LogP contribution in [0.25, 0.3) is 0 Å². The summed E-state index contributed by atoms with van der Waals surface area (Å²) >= 11 is 15.3. The maximum atomic E-state index is 6.02. The first-order valence-electron chi connectivity index (χ1n) is 3.86. The van der Waals surface area contributed by atoms with Crippen molar-refractivity contribution < 1.29 is 0 Å². The van der Waals surface area contributed by atoms with Crippen molar-refractivity contribution in [3.63, 3.8) is 0 Å². The number of halogens is 3. The number of hydrogen-bond acceptors (Lipinski definition) is 3. The first-order chi connectivity index (χ1) is 6.48.